The first-order valence-corrected chi connectivity index (χ1v) is 14.6. The van der Waals surface area contributed by atoms with E-state index in [0.717, 1.165) is 63.6 Å². The molecule has 0 bridgehead atoms. The van der Waals surface area contributed by atoms with Gasteiger partial charge in [-0.2, -0.15) is 0 Å². The highest BCUT2D eigenvalue weighted by molar-refractivity contribution is 6.17. The van der Waals surface area contributed by atoms with Crippen molar-refractivity contribution in [2.75, 3.05) is 45.7 Å². The van der Waals surface area contributed by atoms with Crippen molar-refractivity contribution in [1.82, 2.24) is 14.4 Å². The first kappa shape index (κ1) is 28.1. The van der Waals surface area contributed by atoms with Crippen molar-refractivity contribution in [2.24, 2.45) is 0 Å². The van der Waals surface area contributed by atoms with Crippen LogP contribution in [0.4, 0.5) is 0 Å². The number of ether oxygens (including phenoxy) is 2. The van der Waals surface area contributed by atoms with E-state index in [-0.39, 0.29) is 5.91 Å². The number of piperazine rings is 1. The molecule has 0 aliphatic carbocycles. The molecule has 3 aromatic carbocycles. The molecule has 2 heterocycles. The number of halogens is 1. The molecule has 0 atom stereocenters. The van der Waals surface area contributed by atoms with E-state index in [2.05, 4.69) is 47.6 Å². The van der Waals surface area contributed by atoms with Gasteiger partial charge in [0.2, 0.25) is 0 Å². The highest BCUT2D eigenvalue weighted by Gasteiger charge is 2.22. The number of benzene rings is 3. The van der Waals surface area contributed by atoms with Crippen molar-refractivity contribution in [3.63, 3.8) is 0 Å². The summed E-state index contributed by atoms with van der Waals surface area (Å²) in [5, 5.41) is 1.19. The van der Waals surface area contributed by atoms with Gasteiger partial charge < -0.3 is 18.9 Å². The molecular formula is C33H38ClN3O3. The van der Waals surface area contributed by atoms with Gasteiger partial charge in [0.1, 0.15) is 17.2 Å². The lowest BCUT2D eigenvalue weighted by molar-refractivity contribution is 0.0638. The lowest BCUT2D eigenvalue weighted by atomic mass is 10.1. The van der Waals surface area contributed by atoms with E-state index < -0.39 is 0 Å². The van der Waals surface area contributed by atoms with E-state index in [1.54, 1.807) is 7.11 Å². The summed E-state index contributed by atoms with van der Waals surface area (Å²) < 4.78 is 13.8. The van der Waals surface area contributed by atoms with Crippen molar-refractivity contribution in [1.29, 1.82) is 0 Å². The topological polar surface area (TPSA) is 46.9 Å². The molecule has 0 radical (unpaired) electrons. The Morgan fingerprint density at radius 1 is 0.875 bits per heavy atom. The van der Waals surface area contributed by atoms with Crippen LogP contribution >= 0.6 is 11.6 Å². The number of carbonyl (C=O) groups excluding carboxylic acids is 1. The van der Waals surface area contributed by atoms with Crippen LogP contribution in [0.25, 0.3) is 10.9 Å². The van der Waals surface area contributed by atoms with Gasteiger partial charge in [-0.25, -0.2) is 0 Å². The van der Waals surface area contributed by atoms with Gasteiger partial charge in [-0.15, -0.1) is 11.6 Å². The second kappa shape index (κ2) is 12.8. The highest BCUT2D eigenvalue weighted by Crippen LogP contribution is 2.31. The number of carbonyl (C=O) groups is 1. The first-order valence-electron chi connectivity index (χ1n) is 14.0. The minimum absolute atomic E-state index is 0.0739. The summed E-state index contributed by atoms with van der Waals surface area (Å²) in [5.41, 5.74) is 5.68. The molecule has 0 unspecified atom stereocenters. The molecule has 0 N–H and O–H groups in total. The average Bonchev–Trinajstić information content (AvgIpc) is 3.23. The second-order valence-corrected chi connectivity index (χ2v) is 10.8. The molecule has 0 saturated carbocycles. The van der Waals surface area contributed by atoms with Crippen LogP contribution in [-0.4, -0.2) is 66.0 Å². The fraction of sp³-hybridized carbons (Fsp3) is 0.364. The van der Waals surface area contributed by atoms with Crippen LogP contribution < -0.4 is 9.47 Å². The van der Waals surface area contributed by atoms with Crippen LogP contribution in [-0.2, 0) is 13.0 Å². The predicted octanol–water partition coefficient (Wildman–Crippen LogP) is 6.69. The number of nitrogens with zero attached hydrogens (tertiary/aromatic N) is 3. The molecule has 40 heavy (non-hydrogen) atoms. The molecule has 6 nitrogen and oxygen atoms in total. The quantitative estimate of drug-likeness (QED) is 0.203. The molecule has 5 rings (SSSR count). The van der Waals surface area contributed by atoms with Gasteiger partial charge in [0, 0.05) is 67.3 Å². The molecule has 0 spiro atoms. The van der Waals surface area contributed by atoms with E-state index in [0.29, 0.717) is 17.2 Å². The summed E-state index contributed by atoms with van der Waals surface area (Å²) in [6.45, 7) is 9.43. The zero-order valence-electron chi connectivity index (χ0n) is 23.7. The zero-order valence-corrected chi connectivity index (χ0v) is 24.4. The van der Waals surface area contributed by atoms with E-state index in [9.17, 15) is 4.79 Å². The zero-order chi connectivity index (χ0) is 28.1. The number of amides is 1. The number of fused-ring (bicyclic) bond motifs is 1. The normalized spacial score (nSPS) is 14.1. The first-order chi connectivity index (χ1) is 19.5. The van der Waals surface area contributed by atoms with E-state index in [4.69, 9.17) is 21.1 Å². The number of aryl methyl sites for hydroxylation is 2. The van der Waals surface area contributed by atoms with Gasteiger partial charge in [0.05, 0.1) is 7.11 Å². The monoisotopic (exact) mass is 559 g/mol. The summed E-state index contributed by atoms with van der Waals surface area (Å²) in [5.74, 6) is 3.12. The Kier molecular flexibility index (Phi) is 8.98. The molecule has 1 aliphatic heterocycles. The number of hydrogen-bond acceptors (Lipinski definition) is 4. The Balaban J connectivity index is 1.15. The average molecular weight is 560 g/mol. The standard InChI is InChI=1S/C33H38ClN3O3/c1-24-25(2)37(16-5-15-34)32-13-12-30(23-31(24)32)40-28-10-8-27(9-11-28)33(38)36-20-18-35(19-21-36)17-14-26-6-4-7-29(22-26)39-3/h4,6-13,22-23H,5,14-21H2,1-3H3. The Hall–Kier alpha value is -3.48. The lowest BCUT2D eigenvalue weighted by Gasteiger charge is -2.34. The van der Waals surface area contributed by atoms with E-state index in [1.807, 2.05) is 47.4 Å². The molecule has 1 aromatic heterocycles. The number of alkyl halides is 1. The Bertz CT molecular complexity index is 1460. The molecule has 1 amide bonds. The van der Waals surface area contributed by atoms with Crippen molar-refractivity contribution in [2.45, 2.75) is 33.2 Å². The molecule has 4 aromatic rings. The maximum atomic E-state index is 13.2. The van der Waals surface area contributed by atoms with Gasteiger partial charge >= 0.3 is 0 Å². The van der Waals surface area contributed by atoms with Gasteiger partial charge in [-0.3, -0.25) is 9.69 Å². The van der Waals surface area contributed by atoms with E-state index >= 15 is 0 Å². The Morgan fingerprint density at radius 3 is 2.35 bits per heavy atom. The maximum absolute atomic E-state index is 13.2. The minimum atomic E-state index is 0.0739. The number of methoxy groups -OCH3 is 1. The summed E-state index contributed by atoms with van der Waals surface area (Å²) in [6, 6.07) is 21.9. The van der Waals surface area contributed by atoms with Crippen LogP contribution in [0.5, 0.6) is 17.2 Å². The predicted molar refractivity (Wildman–Crippen MR) is 162 cm³/mol. The third kappa shape index (κ3) is 6.29. The smallest absolute Gasteiger partial charge is 0.253 e. The van der Waals surface area contributed by atoms with Crippen LogP contribution in [0, 0.1) is 13.8 Å². The van der Waals surface area contributed by atoms with Gasteiger partial charge in [0.25, 0.3) is 5.91 Å². The third-order valence-corrected chi connectivity index (χ3v) is 8.24. The van der Waals surface area contributed by atoms with Crippen LogP contribution in [0.2, 0.25) is 0 Å². The van der Waals surface area contributed by atoms with Gasteiger partial charge in [-0.1, -0.05) is 12.1 Å². The minimum Gasteiger partial charge on any atom is -0.497 e. The molecule has 7 heteroatoms. The molecule has 1 aliphatic rings. The fourth-order valence-corrected chi connectivity index (χ4v) is 5.59. The van der Waals surface area contributed by atoms with Crippen LogP contribution in [0.1, 0.15) is 33.6 Å². The van der Waals surface area contributed by atoms with Gasteiger partial charge in [0.15, 0.2) is 0 Å². The fourth-order valence-electron chi connectivity index (χ4n) is 5.47. The third-order valence-electron chi connectivity index (χ3n) is 7.97. The van der Waals surface area contributed by atoms with Crippen molar-refractivity contribution < 1.29 is 14.3 Å². The van der Waals surface area contributed by atoms with Gasteiger partial charge in [-0.05, 0) is 92.4 Å². The van der Waals surface area contributed by atoms with Crippen molar-refractivity contribution in [3.05, 3.63) is 89.1 Å². The Labute approximate surface area is 242 Å². The summed E-state index contributed by atoms with van der Waals surface area (Å²) in [6.07, 6.45) is 1.91. The molecule has 1 fully saturated rings. The largest absolute Gasteiger partial charge is 0.497 e. The molecule has 1 saturated heterocycles. The summed E-state index contributed by atoms with van der Waals surface area (Å²) in [7, 11) is 1.70. The Morgan fingerprint density at radius 2 is 1.62 bits per heavy atom. The number of hydrogen-bond donors (Lipinski definition) is 0. The SMILES string of the molecule is COc1cccc(CCN2CCN(C(=O)c3ccc(Oc4ccc5c(c4)c(C)c(C)n5CCCCl)cc3)CC2)c1. The summed E-state index contributed by atoms with van der Waals surface area (Å²) in [4.78, 5) is 17.5. The maximum Gasteiger partial charge on any atom is 0.253 e. The van der Waals surface area contributed by atoms with Crippen molar-refractivity contribution in [3.8, 4) is 17.2 Å². The van der Waals surface area contributed by atoms with Crippen LogP contribution in [0.3, 0.4) is 0 Å². The second-order valence-electron chi connectivity index (χ2n) is 10.4. The molecular weight excluding hydrogens is 522 g/mol. The molecule has 210 valence electrons. The number of aromatic nitrogens is 1. The van der Waals surface area contributed by atoms with E-state index in [1.165, 1.54) is 27.7 Å². The highest BCUT2D eigenvalue weighted by atomic mass is 35.5. The van der Waals surface area contributed by atoms with Crippen molar-refractivity contribution >= 4 is 28.4 Å². The summed E-state index contributed by atoms with van der Waals surface area (Å²) >= 11 is 5.93. The number of rotatable bonds is 10. The van der Waals surface area contributed by atoms with Crippen LogP contribution in [0.15, 0.2) is 66.7 Å². The lowest BCUT2D eigenvalue weighted by Crippen LogP contribution is -2.49.